The van der Waals surface area contributed by atoms with Gasteiger partial charge < -0.3 is 10.3 Å². The Morgan fingerprint density at radius 3 is 2.50 bits per heavy atom. The quantitative estimate of drug-likeness (QED) is 0.796. The van der Waals surface area contributed by atoms with Crippen LogP contribution in [0.5, 0.6) is 0 Å². The highest BCUT2D eigenvalue weighted by atomic mass is 35.5. The molecule has 0 radical (unpaired) electrons. The molecule has 0 bridgehead atoms. The molecule has 3 aromatic rings. The molecular weight excluding hydrogens is 320 g/mol. The number of nitrogens with two attached hydrogens (primary N) is 1. The molecule has 1 aromatic heterocycles. The van der Waals surface area contributed by atoms with Crippen molar-refractivity contribution in [2.75, 3.05) is 13.1 Å². The Bertz CT molecular complexity index is 815. The normalized spacial score (nSPS) is 21.1. The van der Waals surface area contributed by atoms with E-state index in [9.17, 15) is 0 Å². The molecule has 5 heteroatoms. The first-order valence-corrected chi connectivity index (χ1v) is 8.15. The number of likely N-dealkylation sites (tertiary alicyclic amines) is 1. The van der Waals surface area contributed by atoms with E-state index >= 15 is 0 Å². The molecule has 4 nitrogen and oxygen atoms in total. The van der Waals surface area contributed by atoms with Crippen LogP contribution < -0.4 is 5.73 Å². The van der Waals surface area contributed by atoms with Crippen LogP contribution in [0.25, 0.3) is 11.0 Å². The van der Waals surface area contributed by atoms with Gasteiger partial charge in [0.25, 0.3) is 0 Å². The SMILES string of the molecule is Cl.Cn1c(CN2C[C@@H](N)[C@H](c3ccccc3)C2)nc2ccccc21. The number of aromatic nitrogens is 2. The van der Waals surface area contributed by atoms with Crippen LogP contribution in [0.4, 0.5) is 0 Å². The number of fused-ring (bicyclic) bond motifs is 1. The molecule has 24 heavy (non-hydrogen) atoms. The Labute approximate surface area is 148 Å². The molecule has 4 rings (SSSR count). The molecule has 1 aliphatic heterocycles. The van der Waals surface area contributed by atoms with Gasteiger partial charge in [-0.05, 0) is 17.7 Å². The molecule has 2 N–H and O–H groups in total. The summed E-state index contributed by atoms with van der Waals surface area (Å²) < 4.78 is 2.19. The standard InChI is InChI=1S/C19H22N4.ClH/c1-22-18-10-6-5-9-17(18)21-19(22)13-23-11-15(16(20)12-23)14-7-3-2-4-8-14;/h2-10,15-16H,11-13,20H2,1H3;1H/t15-,16+;/m0./s1. The van der Waals surface area contributed by atoms with E-state index in [-0.39, 0.29) is 18.4 Å². The average molecular weight is 343 g/mol. The third kappa shape index (κ3) is 3.05. The van der Waals surface area contributed by atoms with E-state index in [1.807, 2.05) is 6.07 Å². The van der Waals surface area contributed by atoms with Gasteiger partial charge >= 0.3 is 0 Å². The molecule has 2 aromatic carbocycles. The average Bonchev–Trinajstić information content (AvgIpc) is 3.10. The molecule has 0 spiro atoms. The summed E-state index contributed by atoms with van der Waals surface area (Å²) in [5, 5.41) is 0. The van der Waals surface area contributed by atoms with Crippen molar-refractivity contribution < 1.29 is 0 Å². The minimum Gasteiger partial charge on any atom is -0.330 e. The first-order valence-electron chi connectivity index (χ1n) is 8.15. The molecule has 126 valence electrons. The molecule has 0 saturated carbocycles. The van der Waals surface area contributed by atoms with Crippen molar-refractivity contribution >= 4 is 23.4 Å². The van der Waals surface area contributed by atoms with Crippen LogP contribution >= 0.6 is 12.4 Å². The fraction of sp³-hybridized carbons (Fsp3) is 0.316. The lowest BCUT2D eigenvalue weighted by molar-refractivity contribution is 0.312. The maximum atomic E-state index is 6.40. The van der Waals surface area contributed by atoms with Gasteiger partial charge in [0.2, 0.25) is 0 Å². The topological polar surface area (TPSA) is 47.1 Å². The number of imidazole rings is 1. The number of benzene rings is 2. The summed E-state index contributed by atoms with van der Waals surface area (Å²) in [6, 6.07) is 19.1. The fourth-order valence-electron chi connectivity index (χ4n) is 3.63. The Morgan fingerprint density at radius 2 is 1.75 bits per heavy atom. The van der Waals surface area contributed by atoms with Crippen LogP contribution in [-0.2, 0) is 13.6 Å². The highest BCUT2D eigenvalue weighted by molar-refractivity contribution is 5.85. The second-order valence-electron chi connectivity index (χ2n) is 6.45. The lowest BCUT2D eigenvalue weighted by atomic mass is 9.95. The summed E-state index contributed by atoms with van der Waals surface area (Å²) in [4.78, 5) is 7.20. The van der Waals surface area contributed by atoms with Gasteiger partial charge in [-0.1, -0.05) is 42.5 Å². The third-order valence-electron chi connectivity index (χ3n) is 4.91. The van der Waals surface area contributed by atoms with Crippen molar-refractivity contribution in [1.82, 2.24) is 14.5 Å². The van der Waals surface area contributed by atoms with Crippen LogP contribution in [0.1, 0.15) is 17.3 Å². The van der Waals surface area contributed by atoms with Crippen molar-refractivity contribution in [3.05, 3.63) is 66.0 Å². The molecule has 1 saturated heterocycles. The van der Waals surface area contributed by atoms with Crippen molar-refractivity contribution in [2.24, 2.45) is 12.8 Å². The minimum atomic E-state index is 0. The van der Waals surface area contributed by atoms with Crippen molar-refractivity contribution in [3.8, 4) is 0 Å². The monoisotopic (exact) mass is 342 g/mol. The van der Waals surface area contributed by atoms with Crippen LogP contribution in [0.2, 0.25) is 0 Å². The number of halogens is 1. The van der Waals surface area contributed by atoms with Crippen LogP contribution in [0.15, 0.2) is 54.6 Å². The van der Waals surface area contributed by atoms with Gasteiger partial charge in [0, 0.05) is 32.1 Å². The molecule has 2 heterocycles. The number of nitrogens with zero attached hydrogens (tertiary/aromatic N) is 3. The summed E-state index contributed by atoms with van der Waals surface area (Å²) in [7, 11) is 2.09. The molecular formula is C19H23ClN4. The molecule has 2 atom stereocenters. The molecule has 1 aliphatic rings. The third-order valence-corrected chi connectivity index (χ3v) is 4.91. The smallest absolute Gasteiger partial charge is 0.123 e. The van der Waals surface area contributed by atoms with Gasteiger partial charge in [-0.15, -0.1) is 12.4 Å². The first kappa shape index (κ1) is 17.0. The molecule has 1 fully saturated rings. The van der Waals surface area contributed by atoms with Crippen LogP contribution in [0, 0.1) is 0 Å². The lowest BCUT2D eigenvalue weighted by Crippen LogP contribution is -2.29. The summed E-state index contributed by atoms with van der Waals surface area (Å²) in [6.07, 6.45) is 0. The van der Waals surface area contributed by atoms with Gasteiger partial charge in [-0.2, -0.15) is 0 Å². The van der Waals surface area contributed by atoms with Gasteiger partial charge in [0.15, 0.2) is 0 Å². The second-order valence-corrected chi connectivity index (χ2v) is 6.45. The zero-order valence-electron chi connectivity index (χ0n) is 13.8. The summed E-state index contributed by atoms with van der Waals surface area (Å²) in [5.41, 5.74) is 9.99. The number of para-hydroxylation sites is 2. The van der Waals surface area contributed by atoms with E-state index in [4.69, 9.17) is 10.7 Å². The minimum absolute atomic E-state index is 0. The summed E-state index contributed by atoms with van der Waals surface area (Å²) in [5.74, 6) is 1.51. The molecule has 0 amide bonds. The number of aryl methyl sites for hydroxylation is 1. The first-order chi connectivity index (χ1) is 11.2. The van der Waals surface area contributed by atoms with Crippen molar-refractivity contribution in [3.63, 3.8) is 0 Å². The predicted molar refractivity (Wildman–Crippen MR) is 100 cm³/mol. The number of rotatable bonds is 3. The largest absolute Gasteiger partial charge is 0.330 e. The fourth-order valence-corrected chi connectivity index (χ4v) is 3.63. The second kappa shape index (κ2) is 6.93. The van der Waals surface area contributed by atoms with Crippen molar-refractivity contribution in [1.29, 1.82) is 0 Å². The van der Waals surface area contributed by atoms with E-state index in [0.29, 0.717) is 5.92 Å². The maximum absolute atomic E-state index is 6.40. The van der Waals surface area contributed by atoms with E-state index in [2.05, 4.69) is 65.0 Å². The zero-order chi connectivity index (χ0) is 15.8. The van der Waals surface area contributed by atoms with E-state index in [1.54, 1.807) is 0 Å². The Balaban J connectivity index is 0.00000169. The lowest BCUT2D eigenvalue weighted by Gasteiger charge is -2.16. The van der Waals surface area contributed by atoms with Crippen LogP contribution in [-0.4, -0.2) is 33.6 Å². The molecule has 0 aliphatic carbocycles. The van der Waals surface area contributed by atoms with Gasteiger partial charge in [-0.3, -0.25) is 4.90 Å². The number of hydrogen-bond donors (Lipinski definition) is 1. The van der Waals surface area contributed by atoms with E-state index in [0.717, 1.165) is 31.0 Å². The highest BCUT2D eigenvalue weighted by Crippen LogP contribution is 2.27. The van der Waals surface area contributed by atoms with E-state index in [1.165, 1.54) is 11.1 Å². The Kier molecular flexibility index (Phi) is 4.90. The predicted octanol–water partition coefficient (Wildman–Crippen LogP) is 2.92. The summed E-state index contributed by atoms with van der Waals surface area (Å²) >= 11 is 0. The number of hydrogen-bond acceptors (Lipinski definition) is 3. The highest BCUT2D eigenvalue weighted by Gasteiger charge is 2.31. The summed E-state index contributed by atoms with van der Waals surface area (Å²) in [6.45, 7) is 2.76. The maximum Gasteiger partial charge on any atom is 0.123 e. The van der Waals surface area contributed by atoms with Gasteiger partial charge in [0.1, 0.15) is 5.82 Å². The Hall–Kier alpha value is -1.88. The van der Waals surface area contributed by atoms with Crippen LogP contribution in [0.3, 0.4) is 0 Å². The zero-order valence-corrected chi connectivity index (χ0v) is 14.6. The van der Waals surface area contributed by atoms with E-state index < -0.39 is 0 Å². The Morgan fingerprint density at radius 1 is 1.04 bits per heavy atom. The van der Waals surface area contributed by atoms with Gasteiger partial charge in [0.05, 0.1) is 17.6 Å². The van der Waals surface area contributed by atoms with Crippen molar-refractivity contribution in [2.45, 2.75) is 18.5 Å². The van der Waals surface area contributed by atoms with Gasteiger partial charge in [-0.25, -0.2) is 4.98 Å². The molecule has 0 unspecified atom stereocenters.